The quantitative estimate of drug-likeness (QED) is 0.773. The number of nitrogens with one attached hydrogen (secondary N) is 2. The monoisotopic (exact) mass is 389 g/mol. The van der Waals surface area contributed by atoms with Crippen LogP contribution in [0.15, 0.2) is 47.5 Å². The maximum atomic E-state index is 12.6. The topological polar surface area (TPSA) is 53.5 Å². The standard InChI is InChI=1S/C20H21Cl2N3O/c1-13(15-4-2-5-17(21)10-15)25-20(26)16-8-14(9-18(22)11-16)12-24-19-6-3-7-23-19/h2,4-5,8-11,13H,3,6-7,12H2,1H3,(H,23,24)(H,25,26). The van der Waals surface area contributed by atoms with Crippen LogP contribution in [-0.2, 0) is 6.54 Å². The van der Waals surface area contributed by atoms with E-state index in [0.29, 0.717) is 22.2 Å². The first-order valence-corrected chi connectivity index (χ1v) is 9.40. The Hall–Kier alpha value is -2.04. The van der Waals surface area contributed by atoms with E-state index in [2.05, 4.69) is 15.6 Å². The highest BCUT2D eigenvalue weighted by molar-refractivity contribution is 6.31. The summed E-state index contributed by atoms with van der Waals surface area (Å²) in [5.41, 5.74) is 2.44. The van der Waals surface area contributed by atoms with Crippen LogP contribution in [0.2, 0.25) is 10.0 Å². The molecule has 0 aromatic heterocycles. The Labute approximate surface area is 163 Å². The lowest BCUT2D eigenvalue weighted by Crippen LogP contribution is -2.27. The van der Waals surface area contributed by atoms with E-state index in [1.165, 1.54) is 0 Å². The molecule has 1 amide bonds. The van der Waals surface area contributed by atoms with Gasteiger partial charge in [0.05, 0.1) is 11.9 Å². The van der Waals surface area contributed by atoms with E-state index < -0.39 is 0 Å². The smallest absolute Gasteiger partial charge is 0.251 e. The highest BCUT2D eigenvalue weighted by atomic mass is 35.5. The molecule has 0 fully saturated rings. The SMILES string of the molecule is CC(NC(=O)c1cc(Cl)cc(CNC2=NCCC2)c1)c1cccc(Cl)c1. The number of amidine groups is 1. The molecule has 136 valence electrons. The lowest BCUT2D eigenvalue weighted by Gasteiger charge is -2.15. The fourth-order valence-electron chi connectivity index (χ4n) is 2.91. The van der Waals surface area contributed by atoms with Gasteiger partial charge in [-0.05, 0) is 54.8 Å². The van der Waals surface area contributed by atoms with E-state index in [4.69, 9.17) is 23.2 Å². The first kappa shape index (κ1) is 18.7. The number of carbonyl (C=O) groups is 1. The summed E-state index contributed by atoms with van der Waals surface area (Å²) < 4.78 is 0. The number of aliphatic imine (C=N–C) groups is 1. The number of hydrogen-bond donors (Lipinski definition) is 2. The number of rotatable bonds is 5. The minimum atomic E-state index is -0.167. The molecule has 1 atom stereocenters. The average Bonchev–Trinajstić information content (AvgIpc) is 3.13. The average molecular weight is 390 g/mol. The molecule has 0 saturated carbocycles. The van der Waals surface area contributed by atoms with Crippen molar-refractivity contribution in [3.63, 3.8) is 0 Å². The van der Waals surface area contributed by atoms with Crippen molar-refractivity contribution in [3.8, 4) is 0 Å². The number of amides is 1. The third-order valence-corrected chi connectivity index (χ3v) is 4.74. The molecule has 0 aliphatic carbocycles. The highest BCUT2D eigenvalue weighted by Crippen LogP contribution is 2.20. The Morgan fingerprint density at radius 2 is 2.04 bits per heavy atom. The maximum Gasteiger partial charge on any atom is 0.251 e. The molecule has 0 bridgehead atoms. The lowest BCUT2D eigenvalue weighted by atomic mass is 10.1. The third-order valence-electron chi connectivity index (χ3n) is 4.29. The van der Waals surface area contributed by atoms with E-state index in [0.717, 1.165) is 36.3 Å². The summed E-state index contributed by atoms with van der Waals surface area (Å²) in [5.74, 6) is 0.852. The Balaban J connectivity index is 1.68. The molecule has 0 radical (unpaired) electrons. The summed E-state index contributed by atoms with van der Waals surface area (Å²) >= 11 is 12.2. The van der Waals surface area contributed by atoms with Gasteiger partial charge >= 0.3 is 0 Å². The predicted molar refractivity (Wildman–Crippen MR) is 107 cm³/mol. The van der Waals surface area contributed by atoms with Crippen LogP contribution in [0.3, 0.4) is 0 Å². The third kappa shape index (κ3) is 4.99. The molecular weight excluding hydrogens is 369 g/mol. The second kappa shape index (κ2) is 8.56. The summed E-state index contributed by atoms with van der Waals surface area (Å²) in [7, 11) is 0. The Kier molecular flexibility index (Phi) is 6.17. The summed E-state index contributed by atoms with van der Waals surface area (Å²) in [5, 5.41) is 7.49. The summed E-state index contributed by atoms with van der Waals surface area (Å²) in [6, 6.07) is 12.7. The van der Waals surface area contributed by atoms with Gasteiger partial charge < -0.3 is 10.6 Å². The van der Waals surface area contributed by atoms with Crippen LogP contribution in [0.1, 0.15) is 47.3 Å². The molecular formula is C20H21Cl2N3O. The van der Waals surface area contributed by atoms with E-state index in [1.807, 2.05) is 43.3 Å². The Morgan fingerprint density at radius 3 is 2.77 bits per heavy atom. The van der Waals surface area contributed by atoms with Crippen LogP contribution in [-0.4, -0.2) is 18.3 Å². The van der Waals surface area contributed by atoms with Gasteiger partial charge in [0.1, 0.15) is 0 Å². The van der Waals surface area contributed by atoms with Crippen molar-refractivity contribution in [2.24, 2.45) is 4.99 Å². The van der Waals surface area contributed by atoms with Crippen molar-refractivity contribution < 1.29 is 4.79 Å². The van der Waals surface area contributed by atoms with Crippen LogP contribution in [0.5, 0.6) is 0 Å². The maximum absolute atomic E-state index is 12.6. The normalized spacial score (nSPS) is 14.7. The molecule has 6 heteroatoms. The zero-order valence-corrected chi connectivity index (χ0v) is 16.1. The molecule has 26 heavy (non-hydrogen) atoms. The van der Waals surface area contributed by atoms with Gasteiger partial charge in [0.15, 0.2) is 0 Å². The zero-order chi connectivity index (χ0) is 18.5. The van der Waals surface area contributed by atoms with Crippen molar-refractivity contribution in [3.05, 3.63) is 69.2 Å². The first-order chi connectivity index (χ1) is 12.5. The van der Waals surface area contributed by atoms with Crippen molar-refractivity contribution in [2.45, 2.75) is 32.4 Å². The van der Waals surface area contributed by atoms with Gasteiger partial charge in [0.2, 0.25) is 0 Å². The van der Waals surface area contributed by atoms with Gasteiger partial charge in [-0.3, -0.25) is 9.79 Å². The van der Waals surface area contributed by atoms with Crippen LogP contribution in [0.25, 0.3) is 0 Å². The minimum absolute atomic E-state index is 0.158. The molecule has 2 aromatic rings. The number of halogens is 2. The fourth-order valence-corrected chi connectivity index (χ4v) is 3.37. The molecule has 1 aliphatic rings. The van der Waals surface area contributed by atoms with Crippen molar-refractivity contribution in [1.82, 2.24) is 10.6 Å². The molecule has 0 saturated heterocycles. The highest BCUT2D eigenvalue weighted by Gasteiger charge is 2.14. The molecule has 1 unspecified atom stereocenters. The number of carbonyl (C=O) groups excluding carboxylic acids is 1. The van der Waals surface area contributed by atoms with Crippen molar-refractivity contribution in [1.29, 1.82) is 0 Å². The minimum Gasteiger partial charge on any atom is -0.370 e. The van der Waals surface area contributed by atoms with Gasteiger partial charge in [-0.25, -0.2) is 0 Å². The van der Waals surface area contributed by atoms with E-state index >= 15 is 0 Å². The predicted octanol–water partition coefficient (Wildman–Crippen LogP) is 4.77. The Morgan fingerprint density at radius 1 is 1.19 bits per heavy atom. The lowest BCUT2D eigenvalue weighted by molar-refractivity contribution is 0.0940. The van der Waals surface area contributed by atoms with Gasteiger partial charge in [-0.15, -0.1) is 0 Å². The molecule has 1 aliphatic heterocycles. The van der Waals surface area contributed by atoms with E-state index in [9.17, 15) is 4.79 Å². The molecule has 1 heterocycles. The van der Waals surface area contributed by atoms with E-state index in [-0.39, 0.29) is 11.9 Å². The first-order valence-electron chi connectivity index (χ1n) is 8.64. The summed E-state index contributed by atoms with van der Waals surface area (Å²) in [4.78, 5) is 17.0. The van der Waals surface area contributed by atoms with Gasteiger partial charge in [-0.1, -0.05) is 35.3 Å². The summed E-state index contributed by atoms with van der Waals surface area (Å²) in [6.45, 7) is 3.41. The van der Waals surface area contributed by atoms with Gasteiger partial charge in [0, 0.05) is 35.1 Å². The zero-order valence-electron chi connectivity index (χ0n) is 14.6. The second-order valence-electron chi connectivity index (χ2n) is 6.38. The Bertz CT molecular complexity index is 836. The van der Waals surface area contributed by atoms with Crippen LogP contribution < -0.4 is 10.6 Å². The van der Waals surface area contributed by atoms with Crippen LogP contribution in [0.4, 0.5) is 0 Å². The summed E-state index contributed by atoms with van der Waals surface area (Å²) in [6.07, 6.45) is 2.07. The van der Waals surface area contributed by atoms with Crippen molar-refractivity contribution in [2.75, 3.05) is 6.54 Å². The number of benzene rings is 2. The van der Waals surface area contributed by atoms with E-state index in [1.54, 1.807) is 6.07 Å². The van der Waals surface area contributed by atoms with Crippen LogP contribution >= 0.6 is 23.2 Å². The number of hydrogen-bond acceptors (Lipinski definition) is 3. The fraction of sp³-hybridized carbons (Fsp3) is 0.300. The largest absolute Gasteiger partial charge is 0.370 e. The van der Waals surface area contributed by atoms with Gasteiger partial charge in [-0.2, -0.15) is 0 Å². The second-order valence-corrected chi connectivity index (χ2v) is 7.26. The van der Waals surface area contributed by atoms with Gasteiger partial charge in [0.25, 0.3) is 5.91 Å². The van der Waals surface area contributed by atoms with Crippen molar-refractivity contribution >= 4 is 34.9 Å². The molecule has 2 aromatic carbocycles. The molecule has 0 spiro atoms. The molecule has 3 rings (SSSR count). The number of nitrogens with zero attached hydrogens (tertiary/aromatic N) is 1. The molecule has 2 N–H and O–H groups in total. The molecule has 4 nitrogen and oxygen atoms in total. The van der Waals surface area contributed by atoms with Crippen LogP contribution in [0, 0.1) is 0 Å².